The quantitative estimate of drug-likeness (QED) is 0.681. The summed E-state index contributed by atoms with van der Waals surface area (Å²) in [6.07, 6.45) is -0.450. The van der Waals surface area contributed by atoms with Gasteiger partial charge >= 0.3 is 6.09 Å². The molecule has 0 aliphatic carbocycles. The summed E-state index contributed by atoms with van der Waals surface area (Å²) in [7, 11) is 1.52. The number of hydrogen-bond donors (Lipinski definition) is 2. The van der Waals surface area contributed by atoms with Crippen LogP contribution >= 0.6 is 23.2 Å². The van der Waals surface area contributed by atoms with Gasteiger partial charge in [0, 0.05) is 18.5 Å². The van der Waals surface area contributed by atoms with Gasteiger partial charge in [0.05, 0.1) is 23.1 Å². The van der Waals surface area contributed by atoms with Crippen LogP contribution in [0.3, 0.4) is 0 Å². The molecule has 0 spiro atoms. The molecule has 0 aromatic heterocycles. The lowest BCUT2D eigenvalue weighted by molar-refractivity contribution is -0.115. The van der Waals surface area contributed by atoms with E-state index in [2.05, 4.69) is 10.6 Å². The van der Waals surface area contributed by atoms with Gasteiger partial charge in [-0.25, -0.2) is 4.79 Å². The van der Waals surface area contributed by atoms with Gasteiger partial charge in [0.25, 0.3) is 0 Å². The maximum atomic E-state index is 12.2. The number of carbonyl (C=O) groups is 2. The molecule has 2 N–H and O–H groups in total. The predicted molar refractivity (Wildman–Crippen MR) is 102 cm³/mol. The Kier molecular flexibility index (Phi) is 7.72. The summed E-state index contributed by atoms with van der Waals surface area (Å²) in [6.45, 7) is 0.473. The highest BCUT2D eigenvalue weighted by Crippen LogP contribution is 2.23. The number of ether oxygens (including phenoxy) is 2. The Balaban J connectivity index is 1.91. The first kappa shape index (κ1) is 20.0. The second-order valence-corrected chi connectivity index (χ2v) is 6.12. The normalized spacial score (nSPS) is 10.3. The van der Waals surface area contributed by atoms with Crippen LogP contribution in [-0.4, -0.2) is 32.3 Å². The summed E-state index contributed by atoms with van der Waals surface area (Å²) < 4.78 is 9.72. The fraction of sp³-hybridized carbons (Fsp3) is 0.222. The molecule has 2 aromatic carbocycles. The zero-order valence-electron chi connectivity index (χ0n) is 14.1. The van der Waals surface area contributed by atoms with E-state index in [0.29, 0.717) is 28.0 Å². The molecule has 0 radical (unpaired) electrons. The van der Waals surface area contributed by atoms with Gasteiger partial charge in [-0.15, -0.1) is 0 Å². The first-order chi connectivity index (χ1) is 12.5. The summed E-state index contributed by atoms with van der Waals surface area (Å²) in [5.74, 6) is -0.219. The first-order valence-electron chi connectivity index (χ1n) is 7.74. The Labute approximate surface area is 161 Å². The van der Waals surface area contributed by atoms with Crippen LogP contribution in [0.1, 0.15) is 5.56 Å². The average molecular weight is 397 g/mol. The van der Waals surface area contributed by atoms with Crippen molar-refractivity contribution in [1.29, 1.82) is 0 Å². The maximum absolute atomic E-state index is 12.2. The molecule has 0 saturated carbocycles. The third-order valence-corrected chi connectivity index (χ3v) is 4.00. The molecule has 0 bridgehead atoms. The van der Waals surface area contributed by atoms with Crippen LogP contribution in [-0.2, 0) is 20.7 Å². The Bertz CT molecular complexity index is 784. The molecular weight excluding hydrogens is 379 g/mol. The molecule has 0 fully saturated rings. The van der Waals surface area contributed by atoms with Crippen molar-refractivity contribution < 1.29 is 19.1 Å². The van der Waals surface area contributed by atoms with E-state index in [1.165, 1.54) is 7.11 Å². The lowest BCUT2D eigenvalue weighted by Crippen LogP contribution is -2.17. The van der Waals surface area contributed by atoms with Crippen molar-refractivity contribution in [3.8, 4) is 0 Å². The van der Waals surface area contributed by atoms with Crippen LogP contribution in [0.2, 0.25) is 10.0 Å². The van der Waals surface area contributed by atoms with Gasteiger partial charge in [0.2, 0.25) is 5.91 Å². The third-order valence-electron chi connectivity index (χ3n) is 3.26. The van der Waals surface area contributed by atoms with E-state index >= 15 is 0 Å². The molecule has 2 amide bonds. The second kappa shape index (κ2) is 10.0. The molecule has 2 rings (SSSR count). The molecule has 138 valence electrons. The van der Waals surface area contributed by atoms with Crippen molar-refractivity contribution in [3.05, 3.63) is 58.1 Å². The summed E-state index contributed by atoms with van der Waals surface area (Å²) in [5.41, 5.74) is 1.79. The fourth-order valence-corrected chi connectivity index (χ4v) is 2.41. The summed E-state index contributed by atoms with van der Waals surface area (Å²) in [5, 5.41) is 6.18. The number of amides is 2. The molecular formula is C18H18Cl2N2O4. The molecule has 0 aliphatic rings. The van der Waals surface area contributed by atoms with E-state index in [0.717, 1.165) is 5.56 Å². The van der Waals surface area contributed by atoms with Crippen molar-refractivity contribution >= 4 is 46.6 Å². The van der Waals surface area contributed by atoms with Crippen LogP contribution in [0.5, 0.6) is 0 Å². The van der Waals surface area contributed by atoms with Gasteiger partial charge < -0.3 is 14.8 Å². The zero-order valence-corrected chi connectivity index (χ0v) is 15.6. The van der Waals surface area contributed by atoms with Crippen LogP contribution < -0.4 is 10.6 Å². The van der Waals surface area contributed by atoms with Gasteiger partial charge in [-0.2, -0.15) is 0 Å². The number of methoxy groups -OCH3 is 1. The van der Waals surface area contributed by atoms with Crippen LogP contribution in [0.4, 0.5) is 16.2 Å². The fourth-order valence-electron chi connectivity index (χ4n) is 2.09. The standard InChI is InChI=1S/C18H18Cl2N2O4/c1-25-7-8-26-18(24)22-14-4-2-3-13(11-14)21-17(23)10-12-5-6-15(19)16(20)9-12/h2-6,9,11H,7-8,10H2,1H3,(H,21,23)(H,22,24). The third kappa shape index (κ3) is 6.55. The van der Waals surface area contributed by atoms with Crippen LogP contribution in [0.15, 0.2) is 42.5 Å². The van der Waals surface area contributed by atoms with Crippen molar-refractivity contribution in [2.45, 2.75) is 6.42 Å². The predicted octanol–water partition coefficient (Wildman–Crippen LogP) is 4.37. The minimum Gasteiger partial charge on any atom is -0.447 e. The summed E-state index contributed by atoms with van der Waals surface area (Å²) in [4.78, 5) is 23.8. The second-order valence-electron chi connectivity index (χ2n) is 5.31. The van der Waals surface area contributed by atoms with Crippen molar-refractivity contribution in [2.24, 2.45) is 0 Å². The Morgan fingerprint density at radius 1 is 0.962 bits per heavy atom. The number of carbonyl (C=O) groups excluding carboxylic acids is 2. The highest BCUT2D eigenvalue weighted by Gasteiger charge is 2.08. The van der Waals surface area contributed by atoms with Crippen molar-refractivity contribution in [3.63, 3.8) is 0 Å². The van der Waals surface area contributed by atoms with Crippen LogP contribution in [0.25, 0.3) is 0 Å². The van der Waals surface area contributed by atoms with Gasteiger partial charge in [0.15, 0.2) is 0 Å². The number of nitrogens with one attached hydrogen (secondary N) is 2. The monoisotopic (exact) mass is 396 g/mol. The Hall–Kier alpha value is -2.28. The SMILES string of the molecule is COCCOC(=O)Nc1cccc(NC(=O)Cc2ccc(Cl)c(Cl)c2)c1. The Morgan fingerprint density at radius 2 is 1.69 bits per heavy atom. The number of hydrogen-bond acceptors (Lipinski definition) is 4. The topological polar surface area (TPSA) is 76.7 Å². The molecule has 0 unspecified atom stereocenters. The smallest absolute Gasteiger partial charge is 0.411 e. The lowest BCUT2D eigenvalue weighted by atomic mass is 10.1. The lowest BCUT2D eigenvalue weighted by Gasteiger charge is -2.09. The number of halogens is 2. The van der Waals surface area contributed by atoms with E-state index in [1.54, 1.807) is 42.5 Å². The highest BCUT2D eigenvalue weighted by atomic mass is 35.5. The number of anilines is 2. The molecule has 0 saturated heterocycles. The first-order valence-corrected chi connectivity index (χ1v) is 8.50. The molecule has 0 aliphatic heterocycles. The molecule has 6 nitrogen and oxygen atoms in total. The van der Waals surface area contributed by atoms with E-state index in [-0.39, 0.29) is 18.9 Å². The molecule has 8 heteroatoms. The summed E-state index contributed by atoms with van der Waals surface area (Å²) >= 11 is 11.8. The van der Waals surface area contributed by atoms with Crippen molar-refractivity contribution in [1.82, 2.24) is 0 Å². The molecule has 2 aromatic rings. The zero-order chi connectivity index (χ0) is 18.9. The van der Waals surface area contributed by atoms with E-state index in [4.69, 9.17) is 32.7 Å². The highest BCUT2D eigenvalue weighted by molar-refractivity contribution is 6.42. The van der Waals surface area contributed by atoms with Gasteiger partial charge in [-0.05, 0) is 35.9 Å². The molecule has 0 heterocycles. The number of benzene rings is 2. The van der Waals surface area contributed by atoms with Crippen molar-refractivity contribution in [2.75, 3.05) is 31.0 Å². The Morgan fingerprint density at radius 3 is 2.38 bits per heavy atom. The van der Waals surface area contributed by atoms with E-state index in [1.807, 2.05) is 0 Å². The minimum atomic E-state index is -0.596. The van der Waals surface area contributed by atoms with Gasteiger partial charge in [-0.1, -0.05) is 35.3 Å². The largest absolute Gasteiger partial charge is 0.447 e. The minimum absolute atomic E-state index is 0.146. The van der Waals surface area contributed by atoms with Gasteiger partial charge in [-0.3, -0.25) is 10.1 Å². The van der Waals surface area contributed by atoms with E-state index < -0.39 is 6.09 Å². The molecule has 0 atom stereocenters. The molecule has 26 heavy (non-hydrogen) atoms. The number of rotatable bonds is 7. The van der Waals surface area contributed by atoms with E-state index in [9.17, 15) is 9.59 Å². The van der Waals surface area contributed by atoms with Crippen LogP contribution in [0, 0.1) is 0 Å². The maximum Gasteiger partial charge on any atom is 0.411 e. The summed E-state index contributed by atoms with van der Waals surface area (Å²) in [6, 6.07) is 11.8. The average Bonchev–Trinajstić information content (AvgIpc) is 2.58. The van der Waals surface area contributed by atoms with Gasteiger partial charge in [0.1, 0.15) is 6.61 Å².